The molecular weight excluding hydrogens is 631 g/mol. The monoisotopic (exact) mass is 674 g/mol. The number of aryl methyl sites for hydroxylation is 5. The molecule has 0 spiro atoms. The fourth-order valence-electron chi connectivity index (χ4n) is 7.06. The molecule has 3 aromatic carbocycles. The van der Waals surface area contributed by atoms with Crippen LogP contribution >= 0.6 is 0 Å². The van der Waals surface area contributed by atoms with Crippen LogP contribution in [0.1, 0.15) is 55.5 Å². The van der Waals surface area contributed by atoms with Crippen molar-refractivity contribution in [3.8, 4) is 0 Å². The minimum Gasteiger partial charge on any atom is -1.00 e. The average molecular weight is 676 g/mol. The maximum absolute atomic E-state index is 2.69. The second-order valence-electron chi connectivity index (χ2n) is 13.2. The average Bonchev–Trinajstić information content (AvgIpc) is 2.93. The molecule has 0 N–H and O–H groups in total. The summed E-state index contributed by atoms with van der Waals surface area (Å²) in [4.78, 5) is 0. The molecule has 4 rings (SSSR count). The summed E-state index contributed by atoms with van der Waals surface area (Å²) in [7, 11) is -4.23. The first-order chi connectivity index (χ1) is 17.5. The summed E-state index contributed by atoms with van der Waals surface area (Å²) >= 11 is 2.43. The Morgan fingerprint density at radius 2 is 0.805 bits per heavy atom. The van der Waals surface area contributed by atoms with Crippen molar-refractivity contribution in [2.24, 2.45) is 0 Å². The van der Waals surface area contributed by atoms with Gasteiger partial charge in [0.15, 0.2) is 0 Å². The summed E-state index contributed by atoms with van der Waals surface area (Å²) in [6.07, 6.45) is 0. The van der Waals surface area contributed by atoms with Gasteiger partial charge in [0.1, 0.15) is 0 Å². The number of halogens is 3. The molecule has 0 saturated heterocycles. The summed E-state index contributed by atoms with van der Waals surface area (Å²) in [5, 5.41) is 6.13. The van der Waals surface area contributed by atoms with E-state index in [9.17, 15) is 0 Å². The normalized spacial score (nSPS) is 17.2. The third kappa shape index (κ3) is 6.37. The van der Waals surface area contributed by atoms with Gasteiger partial charge in [-0.1, -0.05) is 0 Å². The van der Waals surface area contributed by atoms with Crippen molar-refractivity contribution >= 4 is 36.9 Å². The largest absolute Gasteiger partial charge is 1.00 e. The minimum absolute atomic E-state index is 0. The topological polar surface area (TPSA) is 0 Å². The van der Waals surface area contributed by atoms with Crippen molar-refractivity contribution in [3.63, 3.8) is 0 Å². The molecule has 3 aromatic rings. The standard InChI is InChI=1S/C35H45Si2.3ClH.Ti/c1-23-13-24(2)17-32(16-23)37(33-18-25(3)14-26(4)19-33,35(9)22-28(6)29(7)30(35)8)34-20-27(5)15-31(21-34)36(10,11)12;;;;/h13-21H,1-12H3;3*1H;/q;;;;+3/p-3. The number of allylic oxidation sites excluding steroid dienone is 4. The van der Waals surface area contributed by atoms with Crippen molar-refractivity contribution < 1.29 is 57.7 Å². The fraction of sp³-hybridized carbons (Fsp3) is 0.371. The summed E-state index contributed by atoms with van der Waals surface area (Å²) < 4.78 is 1.55. The third-order valence-corrected chi connectivity index (χ3v) is 18.6. The fourth-order valence-corrected chi connectivity index (χ4v) is 16.6. The van der Waals surface area contributed by atoms with E-state index in [2.05, 4.69) is 157 Å². The minimum atomic E-state index is -2.69. The molecule has 0 heterocycles. The Labute approximate surface area is 282 Å². The van der Waals surface area contributed by atoms with E-state index in [0.29, 0.717) is 0 Å². The van der Waals surface area contributed by atoms with Gasteiger partial charge in [-0.2, -0.15) is 0 Å². The van der Waals surface area contributed by atoms with Crippen LogP contribution in [0.2, 0.25) is 24.7 Å². The zero-order valence-corrected chi connectivity index (χ0v) is 32.7. The van der Waals surface area contributed by atoms with E-state index in [1.807, 2.05) is 0 Å². The molecule has 1 unspecified atom stereocenters. The second kappa shape index (κ2) is 13.4. The molecule has 0 nitrogen and oxygen atoms in total. The van der Waals surface area contributed by atoms with Crippen molar-refractivity contribution in [2.75, 3.05) is 0 Å². The molecule has 0 fully saturated rings. The summed E-state index contributed by atoms with van der Waals surface area (Å²) in [6.45, 7) is 28.6. The third-order valence-electron chi connectivity index (χ3n) is 9.19. The van der Waals surface area contributed by atoms with E-state index in [0.717, 1.165) is 0 Å². The smallest absolute Gasteiger partial charge is 1.00 e. The maximum atomic E-state index is 2.65. The quantitative estimate of drug-likeness (QED) is 0.221. The molecule has 0 bridgehead atoms. The molecule has 0 saturated carbocycles. The van der Waals surface area contributed by atoms with Crippen molar-refractivity contribution in [1.29, 1.82) is 0 Å². The molecule has 218 valence electrons. The molecule has 1 atom stereocenters. The van der Waals surface area contributed by atoms with Crippen LogP contribution in [0.3, 0.4) is 0 Å². The molecule has 0 aromatic heterocycles. The van der Waals surface area contributed by atoms with Gasteiger partial charge in [0.2, 0.25) is 0 Å². The predicted octanol–water partition coefficient (Wildman–Crippen LogP) is -1.81. The molecule has 0 amide bonds. The zero-order valence-electron chi connectivity index (χ0n) is 26.8. The van der Waals surface area contributed by atoms with Crippen LogP contribution in [0, 0.1) is 34.6 Å². The number of benzene rings is 3. The van der Waals surface area contributed by atoms with Crippen LogP contribution < -0.4 is 58.0 Å². The zero-order chi connectivity index (χ0) is 28.4. The van der Waals surface area contributed by atoms with Gasteiger partial charge in [-0.25, -0.2) is 0 Å². The first-order valence-electron chi connectivity index (χ1n) is 13.9. The molecule has 41 heavy (non-hydrogen) atoms. The predicted molar refractivity (Wildman–Crippen MR) is 170 cm³/mol. The molecule has 1 aliphatic rings. The van der Waals surface area contributed by atoms with E-state index in [1.165, 1.54) is 49.3 Å². The van der Waals surface area contributed by atoms with Gasteiger partial charge < -0.3 is 37.2 Å². The van der Waals surface area contributed by atoms with Crippen LogP contribution in [-0.2, 0) is 20.4 Å². The van der Waals surface area contributed by atoms with Gasteiger partial charge in [0, 0.05) is 0 Å². The van der Waals surface area contributed by atoms with E-state index < -0.39 is 16.1 Å². The van der Waals surface area contributed by atoms with Crippen molar-refractivity contribution in [2.45, 2.75) is 87.0 Å². The number of rotatable bonds is 5. The van der Waals surface area contributed by atoms with Crippen molar-refractivity contribution in [3.05, 3.63) is 103 Å². The Bertz CT molecular complexity index is 1400. The van der Waals surface area contributed by atoms with E-state index in [1.54, 1.807) is 19.8 Å². The van der Waals surface area contributed by atoms with E-state index in [4.69, 9.17) is 0 Å². The van der Waals surface area contributed by atoms with Crippen LogP contribution in [0.15, 0.2) is 75.2 Å². The molecule has 6 heteroatoms. The Balaban J connectivity index is 0.00000280. The molecule has 0 radical (unpaired) electrons. The second-order valence-corrected chi connectivity index (χ2v) is 23.3. The summed E-state index contributed by atoms with van der Waals surface area (Å²) in [6, 6.07) is 22.5. The molecule has 1 aliphatic carbocycles. The van der Waals surface area contributed by atoms with Gasteiger partial charge in [-0.15, -0.1) is 0 Å². The van der Waals surface area contributed by atoms with Crippen molar-refractivity contribution in [1.82, 2.24) is 0 Å². The Morgan fingerprint density at radius 1 is 0.488 bits per heavy atom. The van der Waals surface area contributed by atoms with Gasteiger partial charge in [-0.3, -0.25) is 0 Å². The number of hydrogen-bond acceptors (Lipinski definition) is 0. The van der Waals surface area contributed by atoms with E-state index >= 15 is 0 Å². The Morgan fingerprint density at radius 3 is 1.12 bits per heavy atom. The van der Waals surface area contributed by atoms with Gasteiger partial charge in [0.25, 0.3) is 0 Å². The van der Waals surface area contributed by atoms with Crippen LogP contribution in [0.4, 0.5) is 0 Å². The molecular formula is C35H45Cl3Si2Ti. The van der Waals surface area contributed by atoms with Crippen LogP contribution in [0.5, 0.6) is 0 Å². The molecule has 0 aliphatic heterocycles. The van der Waals surface area contributed by atoms with Gasteiger partial charge >= 0.3 is 247 Å². The van der Waals surface area contributed by atoms with Crippen LogP contribution in [-0.4, -0.2) is 16.1 Å². The summed E-state index contributed by atoms with van der Waals surface area (Å²) in [5.74, 6) is 0. The maximum Gasteiger partial charge on any atom is -1.00 e. The SMILES string of the molecule is CC1=C(C)C(C)([Si](c2cc(C)cc(C)c2)(c2cc(C)cc(C)c2)c2cc(C)cc([Si](C)(C)C)c2)[C]([Ti+3])=C1C.[Cl-].[Cl-].[Cl-]. The number of hydrogen-bond donors (Lipinski definition) is 0. The summed E-state index contributed by atoms with van der Waals surface area (Å²) in [5.41, 5.74) is 11.3. The Hall–Kier alpha value is -0.842. The Kier molecular flexibility index (Phi) is 12.5. The first-order valence-corrected chi connectivity index (χ1v) is 20.2. The van der Waals surface area contributed by atoms with Gasteiger partial charge in [0.05, 0.1) is 0 Å². The first kappa shape index (κ1) is 38.2. The van der Waals surface area contributed by atoms with Gasteiger partial charge in [-0.05, 0) is 0 Å². The van der Waals surface area contributed by atoms with Crippen LogP contribution in [0.25, 0.3) is 0 Å². The van der Waals surface area contributed by atoms with E-state index in [-0.39, 0.29) is 42.3 Å².